The highest BCUT2D eigenvalue weighted by Crippen LogP contribution is 2.31. The van der Waals surface area contributed by atoms with E-state index in [2.05, 4.69) is 15.4 Å². The van der Waals surface area contributed by atoms with Crippen LogP contribution in [-0.2, 0) is 6.54 Å². The standard InChI is InChI=1S/C18H17ClN4O2S/c1-3-10-23-15(24)9-8-14(22-23)17(25)21-18-20-16(11(2)26-18)12-4-6-13(19)7-5-12/h4-9H,3,10H2,1-2H3,(H,20,21,25). The van der Waals surface area contributed by atoms with Crippen LogP contribution in [0.2, 0.25) is 5.02 Å². The van der Waals surface area contributed by atoms with Crippen molar-refractivity contribution in [3.8, 4) is 11.3 Å². The Hall–Kier alpha value is -2.51. The first-order valence-corrected chi connectivity index (χ1v) is 9.30. The summed E-state index contributed by atoms with van der Waals surface area (Å²) in [6.07, 6.45) is 0.758. The molecular weight excluding hydrogens is 372 g/mol. The van der Waals surface area contributed by atoms with E-state index < -0.39 is 5.91 Å². The zero-order valence-corrected chi connectivity index (χ0v) is 15.9. The molecule has 0 aliphatic rings. The molecule has 3 rings (SSSR count). The van der Waals surface area contributed by atoms with E-state index in [4.69, 9.17) is 11.6 Å². The zero-order chi connectivity index (χ0) is 18.7. The first-order valence-electron chi connectivity index (χ1n) is 8.11. The Morgan fingerprint density at radius 1 is 1.23 bits per heavy atom. The summed E-state index contributed by atoms with van der Waals surface area (Å²) in [5.41, 5.74) is 1.68. The number of anilines is 1. The fourth-order valence-corrected chi connectivity index (χ4v) is 3.39. The molecule has 0 atom stereocenters. The molecule has 0 saturated heterocycles. The average molecular weight is 389 g/mol. The van der Waals surface area contributed by atoms with Crippen LogP contribution in [0.15, 0.2) is 41.2 Å². The van der Waals surface area contributed by atoms with Crippen molar-refractivity contribution in [2.45, 2.75) is 26.8 Å². The Morgan fingerprint density at radius 3 is 2.65 bits per heavy atom. The molecule has 0 aliphatic carbocycles. The maximum Gasteiger partial charge on any atom is 0.277 e. The van der Waals surface area contributed by atoms with E-state index in [1.807, 2.05) is 26.0 Å². The topological polar surface area (TPSA) is 76.9 Å². The van der Waals surface area contributed by atoms with E-state index in [1.165, 1.54) is 28.2 Å². The Morgan fingerprint density at radius 2 is 1.96 bits per heavy atom. The van der Waals surface area contributed by atoms with Gasteiger partial charge in [0.1, 0.15) is 5.69 Å². The number of benzene rings is 1. The first kappa shape index (κ1) is 18.3. The summed E-state index contributed by atoms with van der Waals surface area (Å²) in [7, 11) is 0. The number of hydrogen-bond acceptors (Lipinski definition) is 5. The molecule has 8 heteroatoms. The van der Waals surface area contributed by atoms with Crippen LogP contribution in [0, 0.1) is 6.92 Å². The van der Waals surface area contributed by atoms with Crippen LogP contribution in [-0.4, -0.2) is 20.7 Å². The minimum atomic E-state index is -0.397. The zero-order valence-electron chi connectivity index (χ0n) is 14.3. The second-order valence-electron chi connectivity index (χ2n) is 5.66. The Labute approximate surface area is 159 Å². The second-order valence-corrected chi connectivity index (χ2v) is 7.30. The highest BCUT2D eigenvalue weighted by molar-refractivity contribution is 7.16. The number of aromatic nitrogens is 3. The minimum absolute atomic E-state index is 0.180. The molecule has 0 bridgehead atoms. The number of thiazole rings is 1. The first-order chi connectivity index (χ1) is 12.5. The number of carbonyl (C=O) groups is 1. The van der Waals surface area contributed by atoms with Gasteiger partial charge in [0, 0.05) is 28.1 Å². The number of amides is 1. The van der Waals surface area contributed by atoms with E-state index in [-0.39, 0.29) is 11.3 Å². The van der Waals surface area contributed by atoms with Crippen LogP contribution in [0.1, 0.15) is 28.7 Å². The molecule has 2 aromatic heterocycles. The van der Waals surface area contributed by atoms with E-state index >= 15 is 0 Å². The molecule has 0 unspecified atom stereocenters. The molecular formula is C18H17ClN4O2S. The number of hydrogen-bond donors (Lipinski definition) is 1. The lowest BCUT2D eigenvalue weighted by molar-refractivity contribution is 0.101. The molecule has 0 aliphatic heterocycles. The molecule has 0 radical (unpaired) electrons. The van der Waals surface area contributed by atoms with E-state index in [0.29, 0.717) is 16.7 Å². The number of carbonyl (C=O) groups excluding carboxylic acids is 1. The molecule has 1 aromatic carbocycles. The number of aryl methyl sites for hydroxylation is 2. The summed E-state index contributed by atoms with van der Waals surface area (Å²) in [4.78, 5) is 29.6. The molecule has 6 nitrogen and oxygen atoms in total. The quantitative estimate of drug-likeness (QED) is 0.716. The highest BCUT2D eigenvalue weighted by Gasteiger charge is 2.15. The van der Waals surface area contributed by atoms with Crippen LogP contribution in [0.25, 0.3) is 11.3 Å². The van der Waals surface area contributed by atoms with Crippen LogP contribution < -0.4 is 10.9 Å². The maximum absolute atomic E-state index is 12.4. The van der Waals surface area contributed by atoms with Crippen molar-refractivity contribution in [1.82, 2.24) is 14.8 Å². The van der Waals surface area contributed by atoms with Gasteiger partial charge in [-0.2, -0.15) is 5.10 Å². The van der Waals surface area contributed by atoms with Gasteiger partial charge in [0.25, 0.3) is 11.5 Å². The van der Waals surface area contributed by atoms with E-state index in [1.54, 1.807) is 12.1 Å². The smallest absolute Gasteiger partial charge is 0.277 e. The van der Waals surface area contributed by atoms with Gasteiger partial charge in [-0.15, -0.1) is 11.3 Å². The Balaban J connectivity index is 1.82. The summed E-state index contributed by atoms with van der Waals surface area (Å²) < 4.78 is 1.29. The normalized spacial score (nSPS) is 10.7. The summed E-state index contributed by atoms with van der Waals surface area (Å²) in [6.45, 7) is 4.35. The largest absolute Gasteiger partial charge is 0.296 e. The molecule has 134 valence electrons. The van der Waals surface area contributed by atoms with Gasteiger partial charge in [-0.25, -0.2) is 9.67 Å². The van der Waals surface area contributed by atoms with Gasteiger partial charge in [-0.3, -0.25) is 14.9 Å². The van der Waals surface area contributed by atoms with Gasteiger partial charge in [-0.1, -0.05) is 30.7 Å². The molecule has 26 heavy (non-hydrogen) atoms. The molecule has 3 aromatic rings. The third-order valence-corrected chi connectivity index (χ3v) is 4.81. The van der Waals surface area contributed by atoms with Crippen LogP contribution in [0.3, 0.4) is 0 Å². The maximum atomic E-state index is 12.4. The second kappa shape index (κ2) is 7.80. The van der Waals surface area contributed by atoms with Gasteiger partial charge in [0.05, 0.1) is 5.69 Å². The molecule has 0 saturated carbocycles. The van der Waals surface area contributed by atoms with Crippen LogP contribution in [0.4, 0.5) is 5.13 Å². The van der Waals surface area contributed by atoms with Gasteiger partial charge < -0.3 is 0 Å². The third kappa shape index (κ3) is 4.00. The fourth-order valence-electron chi connectivity index (χ4n) is 2.43. The SMILES string of the molecule is CCCn1nc(C(=O)Nc2nc(-c3ccc(Cl)cc3)c(C)s2)ccc1=O. The fraction of sp³-hybridized carbons (Fsp3) is 0.222. The molecule has 1 amide bonds. The van der Waals surface area contributed by atoms with Gasteiger partial charge in [0.15, 0.2) is 5.13 Å². The van der Waals surface area contributed by atoms with Crippen molar-refractivity contribution in [3.63, 3.8) is 0 Å². The van der Waals surface area contributed by atoms with Gasteiger partial charge in [0.2, 0.25) is 0 Å². The summed E-state index contributed by atoms with van der Waals surface area (Å²) in [5, 5.41) is 8.00. The van der Waals surface area contributed by atoms with Crippen molar-refractivity contribution in [1.29, 1.82) is 0 Å². The minimum Gasteiger partial charge on any atom is -0.296 e. The van der Waals surface area contributed by atoms with Crippen LogP contribution in [0.5, 0.6) is 0 Å². The number of rotatable bonds is 5. The predicted molar refractivity (Wildman–Crippen MR) is 104 cm³/mol. The van der Waals surface area contributed by atoms with E-state index in [9.17, 15) is 9.59 Å². The Kier molecular flexibility index (Phi) is 5.49. The summed E-state index contributed by atoms with van der Waals surface area (Å²) in [6, 6.07) is 10.1. The summed E-state index contributed by atoms with van der Waals surface area (Å²) >= 11 is 7.30. The predicted octanol–water partition coefficient (Wildman–Crippen LogP) is 3.99. The third-order valence-electron chi connectivity index (χ3n) is 3.67. The van der Waals surface area contributed by atoms with Crippen molar-refractivity contribution < 1.29 is 4.79 Å². The van der Waals surface area contributed by atoms with E-state index in [0.717, 1.165) is 22.6 Å². The van der Waals surface area contributed by atoms with Crippen LogP contribution >= 0.6 is 22.9 Å². The number of nitrogens with zero attached hydrogens (tertiary/aromatic N) is 3. The lowest BCUT2D eigenvalue weighted by atomic mass is 10.1. The van der Waals surface area contributed by atoms with Crippen molar-refractivity contribution in [2.75, 3.05) is 5.32 Å². The number of nitrogens with one attached hydrogen (secondary N) is 1. The lowest BCUT2D eigenvalue weighted by Gasteiger charge is -2.05. The van der Waals surface area contributed by atoms with Gasteiger partial charge in [-0.05, 0) is 31.5 Å². The van der Waals surface area contributed by atoms with Crippen molar-refractivity contribution in [3.05, 3.63) is 62.3 Å². The van der Waals surface area contributed by atoms with Crippen molar-refractivity contribution >= 4 is 34.0 Å². The summed E-state index contributed by atoms with van der Waals surface area (Å²) in [5.74, 6) is -0.397. The number of halogens is 1. The Bertz CT molecular complexity index is 995. The molecule has 1 N–H and O–H groups in total. The average Bonchev–Trinajstić information content (AvgIpc) is 2.98. The molecule has 0 spiro atoms. The lowest BCUT2D eigenvalue weighted by Crippen LogP contribution is -2.26. The monoisotopic (exact) mass is 388 g/mol. The molecule has 2 heterocycles. The van der Waals surface area contributed by atoms with Gasteiger partial charge >= 0.3 is 0 Å². The molecule has 0 fully saturated rings. The van der Waals surface area contributed by atoms with Crippen molar-refractivity contribution in [2.24, 2.45) is 0 Å². The highest BCUT2D eigenvalue weighted by atomic mass is 35.5.